The zero-order valence-corrected chi connectivity index (χ0v) is 21.9. The number of nitrogens with one attached hydrogen (secondary N) is 1. The molecule has 28 heavy (non-hydrogen) atoms. The van der Waals surface area contributed by atoms with Gasteiger partial charge in [0.05, 0.1) is 0 Å². The van der Waals surface area contributed by atoms with E-state index in [0.717, 1.165) is 12.8 Å². The first-order chi connectivity index (χ1) is 12.4. The Morgan fingerprint density at radius 3 is 1.64 bits per heavy atom. The van der Waals surface area contributed by atoms with E-state index in [1.807, 2.05) is 28.4 Å². The molecule has 1 atom stereocenters. The first-order valence-electron chi connectivity index (χ1n) is 10.3. The molecule has 0 saturated heterocycles. The Hall–Kier alpha value is -0.409. The van der Waals surface area contributed by atoms with Crippen molar-refractivity contribution in [2.75, 3.05) is 0 Å². The summed E-state index contributed by atoms with van der Waals surface area (Å²) < 4.78 is 0. The van der Waals surface area contributed by atoms with Gasteiger partial charge in [0.2, 0.25) is 0 Å². The Kier molecular flexibility index (Phi) is 18.6. The number of hydrogen-bond donors (Lipinski definition) is 0. The molecule has 0 heterocycles. The van der Waals surface area contributed by atoms with Gasteiger partial charge >= 0.3 is 21.7 Å². The molecule has 0 aromatic heterocycles. The molecule has 1 saturated carbocycles. The Morgan fingerprint density at radius 2 is 1.36 bits per heavy atom. The molecule has 2 aliphatic carbocycles. The summed E-state index contributed by atoms with van der Waals surface area (Å²) in [6, 6.07) is 10.6. The van der Waals surface area contributed by atoms with E-state index < -0.39 is 0 Å². The second kappa shape index (κ2) is 17.4. The second-order valence-electron chi connectivity index (χ2n) is 7.68. The van der Waals surface area contributed by atoms with Crippen molar-refractivity contribution < 1.29 is 21.7 Å². The molecule has 1 unspecified atom stereocenters. The van der Waals surface area contributed by atoms with Crippen molar-refractivity contribution in [2.45, 2.75) is 85.1 Å². The van der Waals surface area contributed by atoms with Crippen molar-refractivity contribution in [3.05, 3.63) is 66.3 Å². The third kappa shape index (κ3) is 12.9. The standard InChI is InChI=1S/C9H18N.C9H13.C6H7Si.CH3.Ti/c10-9-7-5-3-1-2-4-6-8-9;1-6-5-7(2)9(4)8(6)3;7-6-4-2-1-3-5-6;;/h9-10H,1-8H2;6H,1-4H3;1-5H,7H2;1H3;/q2*-1;;-1;+3. The normalized spacial score (nSPS) is 19.8. The zero-order chi connectivity index (χ0) is 19.4. The topological polar surface area (TPSA) is 23.8 Å². The monoisotopic (exact) mass is 431 g/mol. The van der Waals surface area contributed by atoms with Crippen LogP contribution in [0.1, 0.15) is 79.1 Å². The summed E-state index contributed by atoms with van der Waals surface area (Å²) in [5.41, 5.74) is 11.9. The summed E-state index contributed by atoms with van der Waals surface area (Å²) in [6.45, 7) is 8.67. The summed E-state index contributed by atoms with van der Waals surface area (Å²) in [7, 11) is 1.90. The molecule has 1 N–H and O–H groups in total. The number of rotatable bonds is 0. The van der Waals surface area contributed by atoms with Crippen LogP contribution in [-0.4, -0.2) is 16.3 Å². The molecule has 1 nitrogen and oxygen atoms in total. The van der Waals surface area contributed by atoms with E-state index >= 15 is 0 Å². The van der Waals surface area contributed by atoms with Crippen molar-refractivity contribution in [2.24, 2.45) is 5.92 Å². The average Bonchev–Trinajstić information content (AvgIpc) is 2.92. The maximum absolute atomic E-state index is 7.61. The minimum atomic E-state index is 0. The van der Waals surface area contributed by atoms with Gasteiger partial charge in [0, 0.05) is 10.2 Å². The summed E-state index contributed by atoms with van der Waals surface area (Å²) in [5.74, 6) is 0.560. The molecule has 1 aromatic rings. The van der Waals surface area contributed by atoms with Crippen LogP contribution in [-0.2, 0) is 21.7 Å². The molecule has 2 aliphatic rings. The minimum Gasteiger partial charge on any atom is -0.675 e. The summed E-state index contributed by atoms with van der Waals surface area (Å²) >= 11 is 0. The van der Waals surface area contributed by atoms with Gasteiger partial charge in [-0.15, -0.1) is 13.0 Å². The fourth-order valence-electron chi connectivity index (χ4n) is 3.27. The van der Waals surface area contributed by atoms with E-state index in [0.29, 0.717) is 5.92 Å². The Labute approximate surface area is 194 Å². The molecule has 1 aromatic carbocycles. The molecule has 0 spiro atoms. The van der Waals surface area contributed by atoms with Gasteiger partial charge in [0.15, 0.2) is 0 Å². The Morgan fingerprint density at radius 1 is 0.893 bits per heavy atom. The van der Waals surface area contributed by atoms with Crippen molar-refractivity contribution in [1.29, 1.82) is 0 Å². The van der Waals surface area contributed by atoms with Crippen LogP contribution in [0.5, 0.6) is 0 Å². The first kappa shape index (κ1) is 29.8. The van der Waals surface area contributed by atoms with Gasteiger partial charge in [-0.25, -0.2) is 5.57 Å². The summed E-state index contributed by atoms with van der Waals surface area (Å²) in [5, 5.41) is 1.35. The van der Waals surface area contributed by atoms with Crippen LogP contribution < -0.4 is 5.19 Å². The fourth-order valence-corrected chi connectivity index (χ4v) is 3.54. The van der Waals surface area contributed by atoms with E-state index in [1.54, 1.807) is 0 Å². The molecular formula is C25H41NSiTi. The predicted molar refractivity (Wildman–Crippen MR) is 126 cm³/mol. The van der Waals surface area contributed by atoms with Crippen LogP contribution in [0.2, 0.25) is 0 Å². The number of allylic oxidation sites excluding steroid dienone is 4. The minimum absolute atomic E-state index is 0. The maximum atomic E-state index is 7.61. The van der Waals surface area contributed by atoms with Gasteiger partial charge in [-0.1, -0.05) is 114 Å². The van der Waals surface area contributed by atoms with Crippen LogP contribution in [0.3, 0.4) is 0 Å². The van der Waals surface area contributed by atoms with Crippen molar-refractivity contribution in [3.63, 3.8) is 0 Å². The van der Waals surface area contributed by atoms with Gasteiger partial charge in [0.25, 0.3) is 0 Å². The molecule has 3 heteroatoms. The molecule has 2 radical (unpaired) electrons. The first-order valence-corrected chi connectivity index (χ1v) is 11.0. The van der Waals surface area contributed by atoms with Crippen LogP contribution in [0.15, 0.2) is 47.1 Å². The second-order valence-corrected chi connectivity index (χ2v) is 8.50. The smallest absolute Gasteiger partial charge is 0.675 e. The van der Waals surface area contributed by atoms with Gasteiger partial charge in [0.1, 0.15) is 0 Å². The van der Waals surface area contributed by atoms with Crippen LogP contribution in [0.4, 0.5) is 0 Å². The SMILES string of the molecule is CC1=[C-]C(C)C(C)=C1C.[CH3-].[NH-]C1CCCCCCCC1.[SiH2]c1ccccc1.[Ti+3]. The summed E-state index contributed by atoms with van der Waals surface area (Å²) in [4.78, 5) is 0. The molecule has 3 rings (SSSR count). The van der Waals surface area contributed by atoms with Crippen molar-refractivity contribution >= 4 is 15.4 Å². The summed E-state index contributed by atoms with van der Waals surface area (Å²) in [6.07, 6.45) is 13.8. The fraction of sp³-hybridized carbons (Fsp3) is 0.560. The Balaban J connectivity index is 0. The maximum Gasteiger partial charge on any atom is 3.00 e. The quantitative estimate of drug-likeness (QED) is 0.324. The average molecular weight is 432 g/mol. The van der Waals surface area contributed by atoms with Gasteiger partial charge in [-0.2, -0.15) is 11.1 Å². The third-order valence-electron chi connectivity index (χ3n) is 5.43. The van der Waals surface area contributed by atoms with Crippen molar-refractivity contribution in [3.8, 4) is 0 Å². The van der Waals surface area contributed by atoms with Gasteiger partial charge in [-0.3, -0.25) is 6.08 Å². The number of benzene rings is 1. The zero-order valence-electron chi connectivity index (χ0n) is 18.9. The van der Waals surface area contributed by atoms with Crippen LogP contribution in [0.25, 0.3) is 5.73 Å². The van der Waals surface area contributed by atoms with Crippen LogP contribution in [0, 0.1) is 19.4 Å². The van der Waals surface area contributed by atoms with E-state index in [1.165, 1.54) is 60.4 Å². The predicted octanol–water partition coefficient (Wildman–Crippen LogP) is 6.66. The van der Waals surface area contributed by atoms with E-state index in [-0.39, 0.29) is 35.2 Å². The van der Waals surface area contributed by atoms with E-state index in [4.69, 9.17) is 5.73 Å². The van der Waals surface area contributed by atoms with E-state index in [9.17, 15) is 0 Å². The molecule has 154 valence electrons. The number of hydrogen-bond acceptors (Lipinski definition) is 0. The molecule has 0 bridgehead atoms. The largest absolute Gasteiger partial charge is 3.00 e. The van der Waals surface area contributed by atoms with Crippen LogP contribution >= 0.6 is 0 Å². The van der Waals surface area contributed by atoms with Gasteiger partial charge in [-0.05, 0) is 0 Å². The molecular weight excluding hydrogens is 390 g/mol. The molecule has 1 fully saturated rings. The molecule has 0 amide bonds. The van der Waals surface area contributed by atoms with Gasteiger partial charge < -0.3 is 13.2 Å². The van der Waals surface area contributed by atoms with E-state index in [2.05, 4.69) is 45.9 Å². The Bertz CT molecular complexity index is 555. The third-order valence-corrected chi connectivity index (χ3v) is 5.91. The van der Waals surface area contributed by atoms with Crippen molar-refractivity contribution in [1.82, 2.24) is 0 Å². The molecule has 0 aliphatic heterocycles.